The summed E-state index contributed by atoms with van der Waals surface area (Å²) in [7, 11) is -2.46. The van der Waals surface area contributed by atoms with Crippen LogP contribution in [0.25, 0.3) is 0 Å². The zero-order valence-corrected chi connectivity index (χ0v) is 9.86. The summed E-state index contributed by atoms with van der Waals surface area (Å²) in [5, 5.41) is 8.89. The molecule has 0 bridgehead atoms. The lowest BCUT2D eigenvalue weighted by Crippen LogP contribution is -2.41. The lowest BCUT2D eigenvalue weighted by Gasteiger charge is -2.22. The van der Waals surface area contributed by atoms with E-state index in [4.69, 9.17) is 5.11 Å². The molecule has 90 valence electrons. The van der Waals surface area contributed by atoms with Crippen molar-refractivity contribution in [1.29, 1.82) is 0 Å². The predicted octanol–water partition coefficient (Wildman–Crippen LogP) is 0.498. The lowest BCUT2D eigenvalue weighted by atomic mass is 10.2. The quantitative estimate of drug-likeness (QED) is 0.791. The summed E-state index contributed by atoms with van der Waals surface area (Å²) in [4.78, 5) is 13.6. The number of hydrogen-bond acceptors (Lipinski definition) is 3. The van der Waals surface area contributed by atoms with Crippen LogP contribution in [-0.4, -0.2) is 41.9 Å². The summed E-state index contributed by atoms with van der Waals surface area (Å²) >= 11 is 0. The van der Waals surface area contributed by atoms with Gasteiger partial charge in [-0.2, -0.15) is 4.31 Å². The summed E-state index contributed by atoms with van der Waals surface area (Å²) in [5.74, 6) is -1.15. The highest BCUT2D eigenvalue weighted by molar-refractivity contribution is 7.89. The van der Waals surface area contributed by atoms with Gasteiger partial charge in [0.1, 0.15) is 6.04 Å². The van der Waals surface area contributed by atoms with E-state index >= 15 is 0 Å². The van der Waals surface area contributed by atoms with Crippen LogP contribution in [0.1, 0.15) is 13.3 Å². The Kier molecular flexibility index (Phi) is 3.71. The van der Waals surface area contributed by atoms with Crippen molar-refractivity contribution in [1.82, 2.24) is 9.29 Å². The molecule has 0 aliphatic heterocycles. The van der Waals surface area contributed by atoms with E-state index < -0.39 is 22.0 Å². The molecule has 1 rings (SSSR count). The van der Waals surface area contributed by atoms with Crippen LogP contribution in [0.3, 0.4) is 0 Å². The van der Waals surface area contributed by atoms with Crippen LogP contribution >= 0.6 is 0 Å². The highest BCUT2D eigenvalue weighted by atomic mass is 32.2. The average molecular weight is 246 g/mol. The maximum Gasteiger partial charge on any atom is 0.321 e. The third kappa shape index (κ3) is 2.25. The Morgan fingerprint density at radius 1 is 1.62 bits per heavy atom. The number of nitrogens with zero attached hydrogens (tertiary/aromatic N) is 1. The van der Waals surface area contributed by atoms with Gasteiger partial charge in [-0.05, 0) is 12.5 Å². The number of sulfonamides is 1. The Hall–Kier alpha value is -1.34. The number of aromatic amines is 1. The smallest absolute Gasteiger partial charge is 0.321 e. The zero-order valence-electron chi connectivity index (χ0n) is 9.04. The second kappa shape index (κ2) is 4.67. The fourth-order valence-corrected chi connectivity index (χ4v) is 2.75. The number of H-pyrrole nitrogens is 1. The molecule has 0 aliphatic carbocycles. The Morgan fingerprint density at radius 2 is 2.25 bits per heavy atom. The third-order valence-corrected chi connectivity index (χ3v) is 4.22. The minimum absolute atomic E-state index is 0.0645. The van der Waals surface area contributed by atoms with Crippen LogP contribution in [0.2, 0.25) is 0 Å². The monoisotopic (exact) mass is 246 g/mol. The molecule has 7 heteroatoms. The fourth-order valence-electron chi connectivity index (χ4n) is 1.39. The van der Waals surface area contributed by atoms with Crippen LogP contribution in [0.5, 0.6) is 0 Å². The van der Waals surface area contributed by atoms with E-state index in [9.17, 15) is 13.2 Å². The first kappa shape index (κ1) is 12.7. The molecule has 2 N–H and O–H groups in total. The lowest BCUT2D eigenvalue weighted by molar-refractivity contribution is -0.141. The maximum absolute atomic E-state index is 11.9. The van der Waals surface area contributed by atoms with Gasteiger partial charge in [-0.25, -0.2) is 8.42 Å². The minimum atomic E-state index is -3.73. The van der Waals surface area contributed by atoms with E-state index in [0.717, 1.165) is 4.31 Å². The Bertz CT molecular complexity index is 452. The summed E-state index contributed by atoms with van der Waals surface area (Å²) in [5.41, 5.74) is 0. The van der Waals surface area contributed by atoms with E-state index in [1.165, 1.54) is 25.5 Å². The van der Waals surface area contributed by atoms with Crippen molar-refractivity contribution in [2.24, 2.45) is 0 Å². The molecule has 0 radical (unpaired) electrons. The topological polar surface area (TPSA) is 90.5 Å². The largest absolute Gasteiger partial charge is 0.480 e. The second-order valence-electron chi connectivity index (χ2n) is 3.33. The number of carboxylic acids is 1. The van der Waals surface area contributed by atoms with Gasteiger partial charge in [-0.15, -0.1) is 0 Å². The number of hydrogen-bond donors (Lipinski definition) is 2. The van der Waals surface area contributed by atoms with Crippen molar-refractivity contribution >= 4 is 16.0 Å². The molecule has 1 atom stereocenters. The maximum atomic E-state index is 11.9. The van der Waals surface area contributed by atoms with Gasteiger partial charge in [0.2, 0.25) is 10.0 Å². The van der Waals surface area contributed by atoms with Gasteiger partial charge >= 0.3 is 5.97 Å². The highest BCUT2D eigenvalue weighted by Gasteiger charge is 2.31. The van der Waals surface area contributed by atoms with Crippen molar-refractivity contribution in [3.8, 4) is 0 Å². The van der Waals surface area contributed by atoms with Crippen molar-refractivity contribution in [3.05, 3.63) is 18.5 Å². The Morgan fingerprint density at radius 3 is 2.62 bits per heavy atom. The van der Waals surface area contributed by atoms with Gasteiger partial charge in [0.25, 0.3) is 0 Å². The molecule has 0 aliphatic rings. The van der Waals surface area contributed by atoms with Gasteiger partial charge in [0.05, 0.1) is 4.90 Å². The normalized spacial score (nSPS) is 13.9. The summed E-state index contributed by atoms with van der Waals surface area (Å²) in [6.07, 6.45) is 3.01. The first-order valence-corrected chi connectivity index (χ1v) is 6.19. The molecular weight excluding hydrogens is 232 g/mol. The van der Waals surface area contributed by atoms with Crippen molar-refractivity contribution in [2.45, 2.75) is 24.3 Å². The Labute approximate surface area is 93.9 Å². The molecule has 1 unspecified atom stereocenters. The molecule has 1 heterocycles. The molecule has 0 fully saturated rings. The van der Waals surface area contributed by atoms with E-state index in [1.807, 2.05) is 0 Å². The second-order valence-corrected chi connectivity index (χ2v) is 5.33. The van der Waals surface area contributed by atoms with E-state index in [2.05, 4.69) is 4.98 Å². The number of aliphatic carboxylic acids is 1. The molecule has 16 heavy (non-hydrogen) atoms. The van der Waals surface area contributed by atoms with Gasteiger partial charge < -0.3 is 10.1 Å². The van der Waals surface area contributed by atoms with Gasteiger partial charge in [-0.1, -0.05) is 6.92 Å². The first-order chi connectivity index (χ1) is 7.41. The SMILES string of the molecule is CCC(C(=O)O)N(C)S(=O)(=O)c1cc[nH]c1. The Balaban J connectivity index is 3.05. The van der Waals surface area contributed by atoms with Crippen molar-refractivity contribution < 1.29 is 18.3 Å². The van der Waals surface area contributed by atoms with E-state index in [0.29, 0.717) is 0 Å². The number of carboxylic acid groups (broad SMARTS) is 1. The number of likely N-dealkylation sites (N-methyl/N-ethyl adjacent to an activating group) is 1. The zero-order chi connectivity index (χ0) is 12.3. The van der Waals surface area contributed by atoms with Gasteiger partial charge in [0, 0.05) is 19.4 Å². The number of rotatable bonds is 5. The van der Waals surface area contributed by atoms with Crippen LogP contribution in [0.4, 0.5) is 0 Å². The molecule has 0 spiro atoms. The number of carbonyl (C=O) groups is 1. The van der Waals surface area contributed by atoms with Crippen LogP contribution in [-0.2, 0) is 14.8 Å². The summed E-state index contributed by atoms with van der Waals surface area (Å²) in [6.45, 7) is 1.63. The molecule has 0 amide bonds. The molecule has 6 nitrogen and oxygen atoms in total. The summed E-state index contributed by atoms with van der Waals surface area (Å²) < 4.78 is 24.8. The third-order valence-electron chi connectivity index (χ3n) is 2.36. The molecule has 1 aromatic rings. The van der Waals surface area contributed by atoms with Gasteiger partial charge in [0.15, 0.2) is 0 Å². The average Bonchev–Trinajstić information content (AvgIpc) is 2.71. The van der Waals surface area contributed by atoms with Crippen LogP contribution in [0, 0.1) is 0 Å². The number of nitrogens with one attached hydrogen (secondary N) is 1. The molecule has 0 aromatic carbocycles. The molecular formula is C9H14N2O4S. The standard InChI is InChI=1S/C9H14N2O4S/c1-3-8(9(12)13)11(2)16(14,15)7-4-5-10-6-7/h4-6,8,10H,3H2,1-2H3,(H,12,13). The minimum Gasteiger partial charge on any atom is -0.480 e. The summed E-state index contributed by atoms with van der Waals surface area (Å²) in [6, 6.07) is 0.348. The first-order valence-electron chi connectivity index (χ1n) is 4.75. The van der Waals surface area contributed by atoms with Crippen molar-refractivity contribution in [3.63, 3.8) is 0 Å². The van der Waals surface area contributed by atoms with Gasteiger partial charge in [-0.3, -0.25) is 4.79 Å². The van der Waals surface area contributed by atoms with Crippen LogP contribution < -0.4 is 0 Å². The van der Waals surface area contributed by atoms with E-state index in [1.54, 1.807) is 6.92 Å². The van der Waals surface area contributed by atoms with Crippen molar-refractivity contribution in [2.75, 3.05) is 7.05 Å². The highest BCUT2D eigenvalue weighted by Crippen LogP contribution is 2.17. The molecule has 1 aromatic heterocycles. The predicted molar refractivity (Wildman–Crippen MR) is 57.5 cm³/mol. The number of aromatic nitrogens is 1. The van der Waals surface area contributed by atoms with Crippen LogP contribution in [0.15, 0.2) is 23.4 Å². The molecule has 0 saturated heterocycles. The fraction of sp³-hybridized carbons (Fsp3) is 0.444. The molecule has 0 saturated carbocycles. The van der Waals surface area contributed by atoms with E-state index in [-0.39, 0.29) is 11.3 Å².